The van der Waals surface area contributed by atoms with Crippen molar-refractivity contribution in [1.82, 2.24) is 0 Å². The van der Waals surface area contributed by atoms with Gasteiger partial charge in [-0.15, -0.1) is 0 Å². The molecule has 0 aromatic rings. The summed E-state index contributed by atoms with van der Waals surface area (Å²) in [5.74, 6) is 0. The van der Waals surface area contributed by atoms with E-state index in [1.807, 2.05) is 0 Å². The van der Waals surface area contributed by atoms with Crippen molar-refractivity contribution in [3.05, 3.63) is 0 Å². The van der Waals surface area contributed by atoms with Crippen LogP contribution in [-0.4, -0.2) is 57.8 Å². The molecule has 0 saturated carbocycles. The molecule has 3 unspecified atom stereocenters. The van der Waals surface area contributed by atoms with Gasteiger partial charge >= 0.3 is 0 Å². The summed E-state index contributed by atoms with van der Waals surface area (Å²) in [5, 5.41) is 35.3. The van der Waals surface area contributed by atoms with Crippen molar-refractivity contribution in [3.8, 4) is 0 Å². The van der Waals surface area contributed by atoms with Gasteiger partial charge in [0.05, 0.1) is 6.61 Å². The van der Waals surface area contributed by atoms with Crippen molar-refractivity contribution in [3.63, 3.8) is 0 Å². The largest absolute Gasteiger partial charge is 0.394 e. The lowest BCUT2D eigenvalue weighted by Gasteiger charge is -2.36. The number of aliphatic hydroxyl groups excluding tert-OH is 4. The standard InChI is InChI=1S/C6H11FO5/c7-3-5(10)4(9)2(1-8)12-6(3)11/h2-6,8-11H,1H2/t2?,3?,4-,5?,6+/m0/s1. The van der Waals surface area contributed by atoms with Crippen LogP contribution >= 0.6 is 0 Å². The average Bonchev–Trinajstić information content (AvgIpc) is 2.08. The minimum Gasteiger partial charge on any atom is -0.394 e. The van der Waals surface area contributed by atoms with Gasteiger partial charge in [-0.3, -0.25) is 0 Å². The zero-order valence-electron chi connectivity index (χ0n) is 6.17. The number of halogens is 1. The molecule has 0 radical (unpaired) electrons. The van der Waals surface area contributed by atoms with E-state index in [-0.39, 0.29) is 0 Å². The highest BCUT2D eigenvalue weighted by molar-refractivity contribution is 4.88. The van der Waals surface area contributed by atoms with Gasteiger partial charge in [0.15, 0.2) is 12.5 Å². The smallest absolute Gasteiger partial charge is 0.189 e. The van der Waals surface area contributed by atoms with E-state index in [0.29, 0.717) is 0 Å². The second kappa shape index (κ2) is 3.63. The average molecular weight is 182 g/mol. The first-order valence-corrected chi connectivity index (χ1v) is 3.52. The zero-order valence-corrected chi connectivity index (χ0v) is 6.17. The first-order chi connectivity index (χ1) is 5.57. The molecule has 0 aromatic heterocycles. The van der Waals surface area contributed by atoms with E-state index in [4.69, 9.17) is 20.4 Å². The summed E-state index contributed by atoms with van der Waals surface area (Å²) in [4.78, 5) is 0. The van der Waals surface area contributed by atoms with E-state index in [1.165, 1.54) is 0 Å². The Morgan fingerprint density at radius 1 is 1.17 bits per heavy atom. The fraction of sp³-hybridized carbons (Fsp3) is 1.00. The Bertz CT molecular complexity index is 150. The van der Waals surface area contributed by atoms with E-state index in [9.17, 15) is 4.39 Å². The molecule has 0 spiro atoms. The van der Waals surface area contributed by atoms with Crippen LogP contribution in [0.5, 0.6) is 0 Å². The fourth-order valence-electron chi connectivity index (χ4n) is 1.06. The molecule has 1 aliphatic rings. The minimum absolute atomic E-state index is 0.581. The maximum absolute atomic E-state index is 12.7. The topological polar surface area (TPSA) is 90.2 Å². The molecule has 1 rings (SSSR count). The molecule has 1 heterocycles. The van der Waals surface area contributed by atoms with Crippen LogP contribution in [0.15, 0.2) is 0 Å². The van der Waals surface area contributed by atoms with Crippen molar-refractivity contribution in [1.29, 1.82) is 0 Å². The normalized spacial score (nSPS) is 49.2. The highest BCUT2D eigenvalue weighted by Gasteiger charge is 2.43. The molecular formula is C6H11FO5. The predicted octanol–water partition coefficient (Wildman–Crippen LogP) is -2.24. The molecule has 12 heavy (non-hydrogen) atoms. The van der Waals surface area contributed by atoms with Gasteiger partial charge in [-0.1, -0.05) is 0 Å². The molecule has 1 saturated heterocycles. The van der Waals surface area contributed by atoms with Gasteiger partial charge in [0, 0.05) is 0 Å². The Labute approximate surface area is 68.0 Å². The summed E-state index contributed by atoms with van der Waals surface area (Å²) in [5.41, 5.74) is 0. The molecule has 0 amide bonds. The third-order valence-electron chi connectivity index (χ3n) is 1.82. The molecule has 5 nitrogen and oxygen atoms in total. The van der Waals surface area contributed by atoms with Crippen LogP contribution in [0.25, 0.3) is 0 Å². The maximum atomic E-state index is 12.7. The molecule has 5 atom stereocenters. The molecule has 0 aliphatic carbocycles. The first kappa shape index (κ1) is 9.82. The molecular weight excluding hydrogens is 171 g/mol. The van der Waals surface area contributed by atoms with Gasteiger partial charge < -0.3 is 25.2 Å². The summed E-state index contributed by atoms with van der Waals surface area (Å²) < 4.78 is 17.1. The van der Waals surface area contributed by atoms with Crippen molar-refractivity contribution in [2.24, 2.45) is 0 Å². The summed E-state index contributed by atoms with van der Waals surface area (Å²) in [6.07, 6.45) is -8.19. The Balaban J connectivity index is 2.63. The molecule has 6 heteroatoms. The number of hydrogen-bond acceptors (Lipinski definition) is 5. The minimum atomic E-state index is -2.04. The van der Waals surface area contributed by atoms with Crippen LogP contribution in [-0.2, 0) is 4.74 Å². The van der Waals surface area contributed by atoms with E-state index < -0.39 is 37.4 Å². The highest BCUT2D eigenvalue weighted by atomic mass is 19.1. The van der Waals surface area contributed by atoms with E-state index in [2.05, 4.69) is 4.74 Å². The number of hydrogen-bond donors (Lipinski definition) is 4. The summed E-state index contributed by atoms with van der Waals surface area (Å²) >= 11 is 0. The number of rotatable bonds is 1. The van der Waals surface area contributed by atoms with E-state index in [0.717, 1.165) is 0 Å². The fourth-order valence-corrected chi connectivity index (χ4v) is 1.06. The highest BCUT2D eigenvalue weighted by Crippen LogP contribution is 2.21. The van der Waals surface area contributed by atoms with Crippen LogP contribution in [0.3, 0.4) is 0 Å². The van der Waals surface area contributed by atoms with Gasteiger partial charge in [-0.25, -0.2) is 4.39 Å². The molecule has 0 aromatic carbocycles. The quantitative estimate of drug-likeness (QED) is 0.368. The van der Waals surface area contributed by atoms with Gasteiger partial charge in [0.25, 0.3) is 0 Å². The van der Waals surface area contributed by atoms with Gasteiger partial charge in [-0.2, -0.15) is 0 Å². The lowest BCUT2D eigenvalue weighted by atomic mass is 10.0. The van der Waals surface area contributed by atoms with Crippen LogP contribution < -0.4 is 0 Å². The third-order valence-corrected chi connectivity index (χ3v) is 1.82. The number of alkyl halides is 1. The van der Waals surface area contributed by atoms with Crippen molar-refractivity contribution in [2.45, 2.75) is 30.8 Å². The van der Waals surface area contributed by atoms with Crippen molar-refractivity contribution < 1.29 is 29.6 Å². The zero-order chi connectivity index (χ0) is 9.30. The summed E-state index contributed by atoms with van der Waals surface area (Å²) in [6, 6.07) is 0. The van der Waals surface area contributed by atoms with E-state index >= 15 is 0 Å². The van der Waals surface area contributed by atoms with E-state index in [1.54, 1.807) is 0 Å². The molecule has 72 valence electrons. The van der Waals surface area contributed by atoms with Gasteiger partial charge in [-0.05, 0) is 0 Å². The SMILES string of the molecule is OCC1O[C@@H](O)C(F)C(O)[C@H]1O. The Morgan fingerprint density at radius 3 is 2.25 bits per heavy atom. The Kier molecular flexibility index (Phi) is 2.97. The Morgan fingerprint density at radius 2 is 1.75 bits per heavy atom. The van der Waals surface area contributed by atoms with Crippen LogP contribution in [0, 0.1) is 0 Å². The summed E-state index contributed by atoms with van der Waals surface area (Å²) in [7, 11) is 0. The molecule has 0 bridgehead atoms. The predicted molar refractivity (Wildman–Crippen MR) is 34.9 cm³/mol. The number of aliphatic hydroxyl groups is 4. The second-order valence-corrected chi connectivity index (χ2v) is 2.67. The second-order valence-electron chi connectivity index (χ2n) is 2.67. The molecule has 1 fully saturated rings. The van der Waals surface area contributed by atoms with Crippen LogP contribution in [0.1, 0.15) is 0 Å². The summed E-state index contributed by atoms with van der Waals surface area (Å²) in [6.45, 7) is -0.581. The monoisotopic (exact) mass is 182 g/mol. The van der Waals surface area contributed by atoms with Crippen LogP contribution in [0.4, 0.5) is 4.39 Å². The molecule has 1 aliphatic heterocycles. The molecule has 4 N–H and O–H groups in total. The lowest BCUT2D eigenvalue weighted by molar-refractivity contribution is -0.271. The van der Waals surface area contributed by atoms with Gasteiger partial charge in [0.2, 0.25) is 0 Å². The van der Waals surface area contributed by atoms with Crippen molar-refractivity contribution in [2.75, 3.05) is 6.61 Å². The van der Waals surface area contributed by atoms with Gasteiger partial charge in [0.1, 0.15) is 18.3 Å². The van der Waals surface area contributed by atoms with Crippen LogP contribution in [0.2, 0.25) is 0 Å². The first-order valence-electron chi connectivity index (χ1n) is 3.52. The number of ether oxygens (including phenoxy) is 1. The van der Waals surface area contributed by atoms with Crippen molar-refractivity contribution >= 4 is 0 Å². The lowest BCUT2D eigenvalue weighted by Crippen LogP contribution is -2.56. The maximum Gasteiger partial charge on any atom is 0.189 e. The Hall–Kier alpha value is -0.270. The third kappa shape index (κ3) is 1.57.